The third kappa shape index (κ3) is 3.81. The average molecular weight is 281 g/mol. The molecule has 1 unspecified atom stereocenters. The van der Waals surface area contributed by atoms with E-state index in [1.807, 2.05) is 0 Å². The highest BCUT2D eigenvalue weighted by molar-refractivity contribution is 7.89. The molecule has 0 aliphatic carbocycles. The third-order valence-corrected chi connectivity index (χ3v) is 4.01. The summed E-state index contributed by atoms with van der Waals surface area (Å²) in [5.41, 5.74) is -0.00888. The minimum atomic E-state index is -3.81. The van der Waals surface area contributed by atoms with Gasteiger partial charge in [-0.05, 0) is 19.1 Å². The number of esters is 1. The predicted molar refractivity (Wildman–Crippen MR) is 71.0 cm³/mol. The number of sulfonamides is 1. The highest BCUT2D eigenvalue weighted by Gasteiger charge is 2.23. The topological polar surface area (TPSA) is 72.5 Å². The lowest BCUT2D eigenvalue weighted by molar-refractivity contribution is 0.0596. The van der Waals surface area contributed by atoms with E-state index in [-0.39, 0.29) is 16.9 Å². The van der Waals surface area contributed by atoms with Crippen molar-refractivity contribution in [1.82, 2.24) is 4.72 Å². The number of rotatable bonds is 5. The van der Waals surface area contributed by atoms with Gasteiger partial charge in [-0.2, -0.15) is 0 Å². The molecule has 102 valence electrons. The van der Waals surface area contributed by atoms with Crippen LogP contribution >= 0.6 is 0 Å². The summed E-state index contributed by atoms with van der Waals surface area (Å²) in [6, 6.07) is 5.42. The first-order valence-corrected chi connectivity index (χ1v) is 7.04. The van der Waals surface area contributed by atoms with Crippen LogP contribution in [0.2, 0.25) is 0 Å². The van der Waals surface area contributed by atoms with Gasteiger partial charge in [0, 0.05) is 12.5 Å². The zero-order chi connectivity index (χ0) is 14.5. The van der Waals surface area contributed by atoms with E-state index in [9.17, 15) is 13.2 Å². The number of benzene rings is 1. The van der Waals surface area contributed by atoms with Gasteiger partial charge in [0.25, 0.3) is 0 Å². The molecule has 1 aromatic rings. The van der Waals surface area contributed by atoms with Crippen molar-refractivity contribution in [3.05, 3.63) is 29.8 Å². The molecule has 0 amide bonds. The van der Waals surface area contributed by atoms with E-state index >= 15 is 0 Å². The van der Waals surface area contributed by atoms with Gasteiger partial charge in [0.15, 0.2) is 0 Å². The van der Waals surface area contributed by atoms with Gasteiger partial charge in [-0.25, -0.2) is 17.9 Å². The van der Waals surface area contributed by atoms with Gasteiger partial charge in [0.05, 0.1) is 17.6 Å². The number of methoxy groups -OCH3 is 1. The molecule has 0 saturated carbocycles. The van der Waals surface area contributed by atoms with Gasteiger partial charge in [-0.15, -0.1) is 12.3 Å². The Kier molecular flexibility index (Phi) is 5.10. The van der Waals surface area contributed by atoms with Crippen LogP contribution in [0.3, 0.4) is 0 Å². The molecule has 19 heavy (non-hydrogen) atoms. The second kappa shape index (κ2) is 6.36. The summed E-state index contributed by atoms with van der Waals surface area (Å²) in [6.45, 7) is 1.65. The Balaban J connectivity index is 3.15. The first-order valence-electron chi connectivity index (χ1n) is 5.55. The van der Waals surface area contributed by atoms with Crippen molar-refractivity contribution < 1.29 is 17.9 Å². The predicted octanol–water partition coefficient (Wildman–Crippen LogP) is 1.16. The summed E-state index contributed by atoms with van der Waals surface area (Å²) in [6.07, 6.45) is 5.39. The van der Waals surface area contributed by atoms with Crippen molar-refractivity contribution in [3.8, 4) is 12.3 Å². The van der Waals surface area contributed by atoms with E-state index in [0.717, 1.165) is 0 Å². The number of ether oxygens (including phenoxy) is 1. The standard InChI is InChI=1S/C13H15NO4S/c1-4-7-10(2)14-19(16,17)12-9-6-5-8-11(12)13(15)18-3/h1,5-6,8-10,14H,7H2,2-3H3. The maximum atomic E-state index is 12.2. The SMILES string of the molecule is C#CCC(C)NS(=O)(=O)c1ccccc1C(=O)OC. The van der Waals surface area contributed by atoms with Crippen molar-refractivity contribution in [2.24, 2.45) is 0 Å². The molecule has 0 radical (unpaired) electrons. The zero-order valence-corrected chi connectivity index (χ0v) is 11.5. The van der Waals surface area contributed by atoms with E-state index in [1.165, 1.54) is 25.3 Å². The van der Waals surface area contributed by atoms with Crippen molar-refractivity contribution in [1.29, 1.82) is 0 Å². The summed E-state index contributed by atoms with van der Waals surface area (Å²) >= 11 is 0. The highest BCUT2D eigenvalue weighted by Crippen LogP contribution is 2.16. The quantitative estimate of drug-likeness (QED) is 0.649. The van der Waals surface area contributed by atoms with Crippen LogP contribution < -0.4 is 4.72 Å². The van der Waals surface area contributed by atoms with E-state index < -0.39 is 22.0 Å². The molecule has 1 atom stereocenters. The molecule has 0 fully saturated rings. The molecule has 0 heterocycles. The van der Waals surface area contributed by atoms with E-state index in [0.29, 0.717) is 0 Å². The Morgan fingerprint density at radius 3 is 2.68 bits per heavy atom. The van der Waals surface area contributed by atoms with Crippen molar-refractivity contribution >= 4 is 16.0 Å². The molecular formula is C13H15NO4S. The number of hydrogen-bond acceptors (Lipinski definition) is 4. The maximum absolute atomic E-state index is 12.2. The van der Waals surface area contributed by atoms with Gasteiger partial charge in [0.1, 0.15) is 0 Å². The summed E-state index contributed by atoms with van der Waals surface area (Å²) in [7, 11) is -2.62. The Bertz CT molecular complexity index is 601. The molecule has 1 aromatic carbocycles. The molecule has 6 heteroatoms. The fourth-order valence-corrected chi connectivity index (χ4v) is 2.96. The monoisotopic (exact) mass is 281 g/mol. The Morgan fingerprint density at radius 1 is 1.47 bits per heavy atom. The number of carbonyl (C=O) groups excluding carboxylic acids is 1. The van der Waals surface area contributed by atoms with E-state index in [1.54, 1.807) is 13.0 Å². The average Bonchev–Trinajstić information content (AvgIpc) is 2.37. The van der Waals surface area contributed by atoms with Crippen LogP contribution in [0.25, 0.3) is 0 Å². The summed E-state index contributed by atoms with van der Waals surface area (Å²) in [5.74, 6) is 1.67. The van der Waals surface area contributed by atoms with Crippen LogP contribution in [0.4, 0.5) is 0 Å². The van der Waals surface area contributed by atoms with Gasteiger partial charge in [-0.3, -0.25) is 0 Å². The van der Waals surface area contributed by atoms with Crippen LogP contribution in [0.1, 0.15) is 23.7 Å². The van der Waals surface area contributed by atoms with Crippen LogP contribution in [0, 0.1) is 12.3 Å². The van der Waals surface area contributed by atoms with E-state index in [2.05, 4.69) is 15.4 Å². The lowest BCUT2D eigenvalue weighted by Crippen LogP contribution is -2.33. The molecule has 0 aromatic heterocycles. The van der Waals surface area contributed by atoms with Crippen LogP contribution in [-0.4, -0.2) is 27.5 Å². The van der Waals surface area contributed by atoms with Crippen LogP contribution in [0.5, 0.6) is 0 Å². The summed E-state index contributed by atoms with van der Waals surface area (Å²) in [4.78, 5) is 11.4. The normalized spacial score (nSPS) is 12.5. The van der Waals surface area contributed by atoms with Crippen LogP contribution in [-0.2, 0) is 14.8 Å². The first kappa shape index (κ1) is 15.2. The first-order chi connectivity index (χ1) is 8.92. The largest absolute Gasteiger partial charge is 0.465 e. The summed E-state index contributed by atoms with van der Waals surface area (Å²) < 4.78 is 31.3. The van der Waals surface area contributed by atoms with Gasteiger partial charge >= 0.3 is 5.97 Å². The molecule has 1 N–H and O–H groups in total. The molecule has 0 bridgehead atoms. The molecule has 0 aliphatic rings. The molecule has 0 saturated heterocycles. The zero-order valence-electron chi connectivity index (χ0n) is 10.7. The lowest BCUT2D eigenvalue weighted by Gasteiger charge is -2.13. The Morgan fingerprint density at radius 2 is 2.11 bits per heavy atom. The maximum Gasteiger partial charge on any atom is 0.339 e. The van der Waals surface area contributed by atoms with Crippen LogP contribution in [0.15, 0.2) is 29.2 Å². The van der Waals surface area contributed by atoms with Gasteiger partial charge in [0.2, 0.25) is 10.0 Å². The number of nitrogens with one attached hydrogen (secondary N) is 1. The fraction of sp³-hybridized carbons (Fsp3) is 0.308. The smallest absolute Gasteiger partial charge is 0.339 e. The fourth-order valence-electron chi connectivity index (χ4n) is 1.53. The number of hydrogen-bond donors (Lipinski definition) is 1. The minimum absolute atomic E-state index is 0.00888. The van der Waals surface area contributed by atoms with Crippen molar-refractivity contribution in [2.75, 3.05) is 7.11 Å². The second-order valence-corrected chi connectivity index (χ2v) is 5.60. The minimum Gasteiger partial charge on any atom is -0.465 e. The third-order valence-electron chi connectivity index (χ3n) is 2.36. The van der Waals surface area contributed by atoms with Gasteiger partial charge in [-0.1, -0.05) is 12.1 Å². The second-order valence-electron chi connectivity index (χ2n) is 3.92. The van der Waals surface area contributed by atoms with Crippen molar-refractivity contribution in [2.45, 2.75) is 24.3 Å². The molecule has 5 nitrogen and oxygen atoms in total. The molecular weight excluding hydrogens is 266 g/mol. The van der Waals surface area contributed by atoms with E-state index in [4.69, 9.17) is 6.42 Å². The molecule has 1 rings (SSSR count). The Hall–Kier alpha value is -1.84. The highest BCUT2D eigenvalue weighted by atomic mass is 32.2. The Labute approximate surface area is 113 Å². The van der Waals surface area contributed by atoms with Gasteiger partial charge < -0.3 is 4.74 Å². The van der Waals surface area contributed by atoms with Crippen molar-refractivity contribution in [3.63, 3.8) is 0 Å². The molecule has 0 spiro atoms. The number of terminal acetylenes is 1. The lowest BCUT2D eigenvalue weighted by atomic mass is 10.2. The number of carbonyl (C=O) groups is 1. The summed E-state index contributed by atoms with van der Waals surface area (Å²) in [5, 5.41) is 0. The molecule has 0 aliphatic heterocycles.